The quantitative estimate of drug-likeness (QED) is 0.640. The lowest BCUT2D eigenvalue weighted by atomic mass is 9.81. The second kappa shape index (κ2) is 7.71. The molecular formula is C23H20F2N4O. The summed E-state index contributed by atoms with van der Waals surface area (Å²) in [6.07, 6.45) is 4.25. The minimum atomic E-state index is -1.29. The Morgan fingerprint density at radius 2 is 1.97 bits per heavy atom. The number of hydrogen-bond donors (Lipinski definition) is 0. The van der Waals surface area contributed by atoms with Gasteiger partial charge in [-0.15, -0.1) is 0 Å². The molecule has 7 heteroatoms. The van der Waals surface area contributed by atoms with Crippen molar-refractivity contribution in [3.8, 4) is 6.07 Å². The average Bonchev–Trinajstić information content (AvgIpc) is 3.21. The van der Waals surface area contributed by atoms with E-state index in [1.54, 1.807) is 34.1 Å². The monoisotopic (exact) mass is 406 g/mol. The maximum absolute atomic E-state index is 15.2. The largest absolute Gasteiger partial charge is 0.330 e. The fourth-order valence-electron chi connectivity index (χ4n) is 4.24. The van der Waals surface area contributed by atoms with Crippen LogP contribution in [0.3, 0.4) is 0 Å². The summed E-state index contributed by atoms with van der Waals surface area (Å²) in [5.74, 6) is -1.19. The van der Waals surface area contributed by atoms with Crippen molar-refractivity contribution >= 4 is 5.91 Å². The molecule has 4 rings (SSSR count). The number of imidazole rings is 1. The van der Waals surface area contributed by atoms with Gasteiger partial charge in [0.2, 0.25) is 0 Å². The van der Waals surface area contributed by atoms with Gasteiger partial charge >= 0.3 is 0 Å². The molecule has 1 atom stereocenters. The zero-order valence-electron chi connectivity index (χ0n) is 16.5. The van der Waals surface area contributed by atoms with E-state index in [0.29, 0.717) is 19.4 Å². The summed E-state index contributed by atoms with van der Waals surface area (Å²) in [5, 5.41) is 9.10. The molecule has 0 spiro atoms. The number of carbonyl (C=O) groups excluding carboxylic acids is 1. The average molecular weight is 406 g/mol. The Hall–Kier alpha value is -3.53. The Morgan fingerprint density at radius 3 is 2.63 bits per heavy atom. The molecule has 0 saturated carbocycles. The van der Waals surface area contributed by atoms with Crippen molar-refractivity contribution in [1.29, 1.82) is 5.26 Å². The smallest absolute Gasteiger partial charge is 0.254 e. The molecule has 1 aliphatic heterocycles. The van der Waals surface area contributed by atoms with Crippen LogP contribution in [0.5, 0.6) is 0 Å². The van der Waals surface area contributed by atoms with Gasteiger partial charge in [0.25, 0.3) is 5.91 Å². The van der Waals surface area contributed by atoms with Gasteiger partial charge < -0.3 is 9.47 Å². The number of rotatable bonds is 5. The number of benzene rings is 2. The van der Waals surface area contributed by atoms with Crippen LogP contribution in [0.4, 0.5) is 8.78 Å². The highest BCUT2D eigenvalue weighted by Gasteiger charge is 2.49. The lowest BCUT2D eigenvalue weighted by Crippen LogP contribution is -2.55. The molecule has 0 saturated heterocycles. The topological polar surface area (TPSA) is 61.9 Å². The fourth-order valence-corrected chi connectivity index (χ4v) is 4.24. The van der Waals surface area contributed by atoms with E-state index in [4.69, 9.17) is 5.26 Å². The van der Waals surface area contributed by atoms with Crippen molar-refractivity contribution in [2.24, 2.45) is 0 Å². The second-order valence-electron chi connectivity index (χ2n) is 7.46. The van der Waals surface area contributed by atoms with Crippen molar-refractivity contribution in [2.45, 2.75) is 38.4 Å². The first-order valence-corrected chi connectivity index (χ1v) is 9.75. The van der Waals surface area contributed by atoms with E-state index in [2.05, 4.69) is 4.98 Å². The minimum absolute atomic E-state index is 0.195. The Balaban J connectivity index is 1.85. The minimum Gasteiger partial charge on any atom is -0.330 e. The van der Waals surface area contributed by atoms with Crippen molar-refractivity contribution in [3.63, 3.8) is 0 Å². The van der Waals surface area contributed by atoms with E-state index in [9.17, 15) is 9.18 Å². The number of amides is 1. The van der Waals surface area contributed by atoms with Crippen LogP contribution >= 0.6 is 0 Å². The first-order chi connectivity index (χ1) is 14.5. The van der Waals surface area contributed by atoms with Gasteiger partial charge in [0, 0.05) is 18.3 Å². The molecule has 1 aromatic heterocycles. The van der Waals surface area contributed by atoms with Crippen LogP contribution in [0, 0.1) is 23.0 Å². The number of hydrogen-bond acceptors (Lipinski definition) is 3. The Labute approximate surface area is 173 Å². The molecule has 1 amide bonds. The number of halogens is 2. The molecule has 152 valence electrons. The van der Waals surface area contributed by atoms with Crippen LogP contribution in [-0.4, -0.2) is 20.4 Å². The first-order valence-electron chi connectivity index (χ1n) is 9.75. The summed E-state index contributed by atoms with van der Waals surface area (Å²) in [4.78, 5) is 19.7. The van der Waals surface area contributed by atoms with Crippen LogP contribution in [0.1, 0.15) is 42.1 Å². The lowest BCUT2D eigenvalue weighted by Gasteiger charge is -2.44. The number of aromatic nitrogens is 2. The summed E-state index contributed by atoms with van der Waals surface area (Å²) < 4.78 is 30.2. The zero-order valence-corrected chi connectivity index (χ0v) is 16.5. The SMILES string of the molecule is CCCC1(c2ccc(C#N)cc2F)C(=O)N(Cc2ccc(F)cc2)Cc2cncn21. The summed E-state index contributed by atoms with van der Waals surface area (Å²) in [6, 6.07) is 12.1. The zero-order chi connectivity index (χ0) is 21.3. The highest BCUT2D eigenvalue weighted by atomic mass is 19.1. The summed E-state index contributed by atoms with van der Waals surface area (Å²) in [6.45, 7) is 2.53. The molecule has 0 radical (unpaired) electrons. The third-order valence-corrected chi connectivity index (χ3v) is 5.56. The van der Waals surface area contributed by atoms with E-state index in [1.165, 1.54) is 24.3 Å². The van der Waals surface area contributed by atoms with Crippen molar-refractivity contribution in [3.05, 3.63) is 89.0 Å². The van der Waals surface area contributed by atoms with Gasteiger partial charge in [-0.25, -0.2) is 13.8 Å². The van der Waals surface area contributed by atoms with Gasteiger partial charge in [0.05, 0.1) is 30.2 Å². The molecule has 1 aliphatic rings. The van der Waals surface area contributed by atoms with Crippen LogP contribution < -0.4 is 0 Å². The normalized spacial score (nSPS) is 18.2. The van der Waals surface area contributed by atoms with E-state index < -0.39 is 11.4 Å². The molecule has 0 fully saturated rings. The van der Waals surface area contributed by atoms with E-state index in [0.717, 1.165) is 17.3 Å². The van der Waals surface area contributed by atoms with Gasteiger partial charge in [-0.05, 0) is 36.2 Å². The molecule has 0 aliphatic carbocycles. The maximum Gasteiger partial charge on any atom is 0.254 e. The number of carbonyl (C=O) groups is 1. The standard InChI is InChI=1S/C23H20F2N4O/c1-2-9-23(20-8-5-17(11-26)10-21(20)25)22(30)28(14-19-12-27-15-29(19)23)13-16-3-6-18(24)7-4-16/h3-8,10,12,15H,2,9,13-14H2,1H3. The predicted octanol–water partition coefficient (Wildman–Crippen LogP) is 4.12. The molecule has 2 heterocycles. The van der Waals surface area contributed by atoms with Crippen LogP contribution in [0.25, 0.3) is 0 Å². The molecule has 30 heavy (non-hydrogen) atoms. The highest BCUT2D eigenvalue weighted by molar-refractivity contribution is 5.89. The third kappa shape index (κ3) is 3.14. The molecule has 0 N–H and O–H groups in total. The summed E-state index contributed by atoms with van der Waals surface area (Å²) >= 11 is 0. The first kappa shape index (κ1) is 19.8. The number of nitriles is 1. The molecule has 5 nitrogen and oxygen atoms in total. The number of nitrogens with zero attached hydrogens (tertiary/aromatic N) is 4. The molecule has 2 aromatic carbocycles. The fraction of sp³-hybridized carbons (Fsp3) is 0.261. The van der Waals surface area contributed by atoms with Gasteiger partial charge in [0.15, 0.2) is 5.54 Å². The Bertz CT molecular complexity index is 1130. The molecule has 0 bridgehead atoms. The Morgan fingerprint density at radius 1 is 1.20 bits per heavy atom. The van der Waals surface area contributed by atoms with Crippen molar-refractivity contribution in [2.75, 3.05) is 0 Å². The number of fused-ring (bicyclic) bond motifs is 1. The van der Waals surface area contributed by atoms with Gasteiger partial charge in [-0.2, -0.15) is 5.26 Å². The van der Waals surface area contributed by atoms with Crippen molar-refractivity contribution < 1.29 is 13.6 Å². The second-order valence-corrected chi connectivity index (χ2v) is 7.46. The lowest BCUT2D eigenvalue weighted by molar-refractivity contribution is -0.143. The highest BCUT2D eigenvalue weighted by Crippen LogP contribution is 2.40. The molecular weight excluding hydrogens is 386 g/mol. The van der Waals surface area contributed by atoms with E-state index >= 15 is 4.39 Å². The summed E-state index contributed by atoms with van der Waals surface area (Å²) in [5.41, 5.74) is 0.686. The van der Waals surface area contributed by atoms with E-state index in [-0.39, 0.29) is 29.4 Å². The summed E-state index contributed by atoms with van der Waals surface area (Å²) in [7, 11) is 0. The maximum atomic E-state index is 15.2. The van der Waals surface area contributed by atoms with Gasteiger partial charge in [-0.3, -0.25) is 4.79 Å². The van der Waals surface area contributed by atoms with Crippen LogP contribution in [0.2, 0.25) is 0 Å². The van der Waals surface area contributed by atoms with Crippen molar-refractivity contribution in [1.82, 2.24) is 14.5 Å². The van der Waals surface area contributed by atoms with E-state index in [1.807, 2.05) is 13.0 Å². The predicted molar refractivity (Wildman–Crippen MR) is 106 cm³/mol. The Kier molecular flexibility index (Phi) is 5.08. The third-order valence-electron chi connectivity index (χ3n) is 5.56. The molecule has 1 unspecified atom stereocenters. The van der Waals surface area contributed by atoms with Crippen LogP contribution in [-0.2, 0) is 23.4 Å². The van der Waals surface area contributed by atoms with Gasteiger partial charge in [0.1, 0.15) is 11.6 Å². The van der Waals surface area contributed by atoms with Gasteiger partial charge in [-0.1, -0.05) is 31.5 Å². The van der Waals surface area contributed by atoms with Crippen LogP contribution in [0.15, 0.2) is 55.0 Å². The molecule has 3 aromatic rings.